The predicted octanol–water partition coefficient (Wildman–Crippen LogP) is 5.86. The first kappa shape index (κ1) is 20.6. The van der Waals surface area contributed by atoms with Gasteiger partial charge in [0.2, 0.25) is 5.95 Å². The summed E-state index contributed by atoms with van der Waals surface area (Å²) in [6.45, 7) is 3.83. The lowest BCUT2D eigenvalue weighted by Gasteiger charge is -2.26. The molecule has 0 aliphatic heterocycles. The molecule has 1 amide bonds. The van der Waals surface area contributed by atoms with Gasteiger partial charge in [0.15, 0.2) is 5.82 Å². The van der Waals surface area contributed by atoms with E-state index in [9.17, 15) is 13.6 Å². The number of carbonyl (C=O) groups excluding carboxylic acids is 1. The lowest BCUT2D eigenvalue weighted by Crippen LogP contribution is -2.37. The summed E-state index contributed by atoms with van der Waals surface area (Å²) in [5, 5.41) is 5.94. The Kier molecular flexibility index (Phi) is 5.64. The summed E-state index contributed by atoms with van der Waals surface area (Å²) < 4.78 is 29.0. The molecule has 0 radical (unpaired) electrons. The lowest BCUT2D eigenvalue weighted by atomic mass is 9.87. The topological polar surface area (TPSA) is 69.8 Å². The Hall–Kier alpha value is -2.67. The number of fused-ring (bicyclic) bond motifs is 1. The monoisotopic (exact) mass is 432 g/mol. The summed E-state index contributed by atoms with van der Waals surface area (Å²) in [5.41, 5.74) is 1.24. The lowest BCUT2D eigenvalue weighted by molar-refractivity contribution is 0.0919. The predicted molar refractivity (Wildman–Crippen MR) is 114 cm³/mol. The molecule has 30 heavy (non-hydrogen) atoms. The zero-order valence-corrected chi connectivity index (χ0v) is 17.5. The van der Waals surface area contributed by atoms with Crippen molar-refractivity contribution in [2.75, 3.05) is 5.32 Å². The molecule has 1 aliphatic rings. The Morgan fingerprint density at radius 2 is 1.93 bits per heavy atom. The Labute approximate surface area is 178 Å². The summed E-state index contributed by atoms with van der Waals surface area (Å²) in [4.78, 5) is 19.8. The third-order valence-electron chi connectivity index (χ3n) is 5.69. The number of imidazole rings is 1. The fraction of sp³-hybridized carbons (Fsp3) is 0.364. The molecule has 0 spiro atoms. The van der Waals surface area contributed by atoms with Gasteiger partial charge in [0, 0.05) is 12.1 Å². The second-order valence-electron chi connectivity index (χ2n) is 8.04. The molecule has 0 bridgehead atoms. The van der Waals surface area contributed by atoms with Crippen molar-refractivity contribution in [3.8, 4) is 0 Å². The van der Waals surface area contributed by atoms with Gasteiger partial charge in [0.25, 0.3) is 5.91 Å². The third-order valence-corrected chi connectivity index (χ3v) is 6.01. The van der Waals surface area contributed by atoms with Gasteiger partial charge in [-0.2, -0.15) is 0 Å². The minimum Gasteiger partial charge on any atom is -0.349 e. The number of halogens is 3. The van der Waals surface area contributed by atoms with Gasteiger partial charge in [-0.3, -0.25) is 4.79 Å². The maximum Gasteiger partial charge on any atom is 0.254 e. The van der Waals surface area contributed by atoms with Crippen molar-refractivity contribution in [3.05, 3.63) is 52.0 Å². The number of aromatic nitrogens is 2. The van der Waals surface area contributed by atoms with E-state index in [-0.39, 0.29) is 28.3 Å². The molecule has 2 aromatic carbocycles. The molecular weight excluding hydrogens is 410 g/mol. The van der Waals surface area contributed by atoms with E-state index < -0.39 is 17.5 Å². The fourth-order valence-electron chi connectivity index (χ4n) is 3.82. The van der Waals surface area contributed by atoms with Gasteiger partial charge in [-0.05, 0) is 56.2 Å². The zero-order chi connectivity index (χ0) is 21.4. The number of hydrogen-bond donors (Lipinski definition) is 3. The number of carbonyl (C=O) groups is 1. The highest BCUT2D eigenvalue weighted by Crippen LogP contribution is 2.30. The average molecular weight is 433 g/mol. The second kappa shape index (κ2) is 8.22. The fourth-order valence-corrected chi connectivity index (χ4v) is 4.01. The number of hydrogen-bond acceptors (Lipinski definition) is 3. The van der Waals surface area contributed by atoms with Crippen molar-refractivity contribution < 1.29 is 13.6 Å². The van der Waals surface area contributed by atoms with Gasteiger partial charge in [-0.1, -0.05) is 24.6 Å². The molecule has 3 N–H and O–H groups in total. The number of nitrogens with one attached hydrogen (secondary N) is 3. The minimum absolute atomic E-state index is 0.0565. The van der Waals surface area contributed by atoms with Crippen LogP contribution in [0.4, 0.5) is 20.4 Å². The van der Waals surface area contributed by atoms with Crippen LogP contribution in [0, 0.1) is 24.5 Å². The summed E-state index contributed by atoms with van der Waals surface area (Å²) in [5.74, 6) is -0.711. The summed E-state index contributed by atoms with van der Waals surface area (Å²) >= 11 is 6.09. The number of nitrogens with zero attached hydrogens (tertiary/aromatic N) is 1. The minimum atomic E-state index is -0.640. The molecule has 0 atom stereocenters. The van der Waals surface area contributed by atoms with E-state index in [1.807, 2.05) is 0 Å². The number of amides is 1. The quantitative estimate of drug-likeness (QED) is 0.484. The molecule has 8 heteroatoms. The Morgan fingerprint density at radius 3 is 2.67 bits per heavy atom. The summed E-state index contributed by atoms with van der Waals surface area (Å²) in [6, 6.07) is 5.85. The van der Waals surface area contributed by atoms with Crippen LogP contribution in [0.3, 0.4) is 0 Å². The van der Waals surface area contributed by atoms with Crippen molar-refractivity contribution in [3.63, 3.8) is 0 Å². The van der Waals surface area contributed by atoms with E-state index >= 15 is 0 Å². The highest BCUT2D eigenvalue weighted by atomic mass is 35.5. The molecule has 1 saturated carbocycles. The molecular formula is C22H23ClF2N4O. The molecule has 1 heterocycles. The van der Waals surface area contributed by atoms with Crippen LogP contribution in [0.15, 0.2) is 24.3 Å². The van der Waals surface area contributed by atoms with Crippen molar-refractivity contribution in [2.24, 2.45) is 5.92 Å². The van der Waals surface area contributed by atoms with Gasteiger partial charge in [0.05, 0.1) is 27.3 Å². The maximum atomic E-state index is 14.6. The van der Waals surface area contributed by atoms with Crippen molar-refractivity contribution >= 4 is 40.2 Å². The highest BCUT2D eigenvalue weighted by Gasteiger charge is 2.22. The van der Waals surface area contributed by atoms with Crippen LogP contribution in [0.2, 0.25) is 5.02 Å². The number of rotatable bonds is 4. The maximum absolute atomic E-state index is 14.6. The number of H-pyrrole nitrogens is 1. The van der Waals surface area contributed by atoms with Crippen LogP contribution >= 0.6 is 11.6 Å². The van der Waals surface area contributed by atoms with Crippen LogP contribution in [0.1, 0.15) is 48.5 Å². The van der Waals surface area contributed by atoms with Gasteiger partial charge < -0.3 is 15.6 Å². The van der Waals surface area contributed by atoms with E-state index in [4.69, 9.17) is 11.6 Å². The van der Waals surface area contributed by atoms with E-state index in [0.29, 0.717) is 22.5 Å². The Bertz CT molecular complexity index is 1110. The molecule has 3 aromatic rings. The van der Waals surface area contributed by atoms with E-state index in [1.54, 1.807) is 19.1 Å². The normalized spacial score (nSPS) is 19.1. The first-order valence-corrected chi connectivity index (χ1v) is 10.4. The third kappa shape index (κ3) is 4.12. The van der Waals surface area contributed by atoms with Crippen LogP contribution in [0.25, 0.3) is 11.0 Å². The molecule has 158 valence electrons. The first-order chi connectivity index (χ1) is 14.3. The highest BCUT2D eigenvalue weighted by molar-refractivity contribution is 6.33. The Morgan fingerprint density at radius 1 is 1.20 bits per heavy atom. The number of aryl methyl sites for hydroxylation is 1. The molecule has 4 rings (SSSR count). The first-order valence-electron chi connectivity index (χ1n) is 10.0. The number of benzene rings is 2. The zero-order valence-electron chi connectivity index (χ0n) is 16.8. The second-order valence-corrected chi connectivity index (χ2v) is 8.45. The smallest absolute Gasteiger partial charge is 0.254 e. The molecule has 0 unspecified atom stereocenters. The van der Waals surface area contributed by atoms with E-state index in [2.05, 4.69) is 27.5 Å². The van der Waals surface area contributed by atoms with Crippen LogP contribution < -0.4 is 10.6 Å². The number of anilines is 2. The van der Waals surface area contributed by atoms with Gasteiger partial charge >= 0.3 is 0 Å². The van der Waals surface area contributed by atoms with Crippen molar-refractivity contribution in [1.82, 2.24) is 15.3 Å². The van der Waals surface area contributed by atoms with Gasteiger partial charge in [0.1, 0.15) is 5.82 Å². The molecule has 5 nitrogen and oxygen atoms in total. The van der Waals surface area contributed by atoms with Crippen LogP contribution in [-0.2, 0) is 0 Å². The van der Waals surface area contributed by atoms with Gasteiger partial charge in [-0.25, -0.2) is 13.8 Å². The molecule has 1 fully saturated rings. The largest absolute Gasteiger partial charge is 0.349 e. The Balaban J connectivity index is 1.57. The standard InChI is InChI=1S/C22H23ClF2N4O/c1-11-3-6-13(7-4-11)26-21(30)14-9-17-18(10-16(14)24)28-22(27-17)29-20-15(23)8-5-12(2)19(20)25/h5,8-11,13H,3-4,6-7H2,1-2H3,(H,26,30)(H2,27,28,29)/t11-,13-. The van der Waals surface area contributed by atoms with E-state index in [0.717, 1.165) is 25.7 Å². The number of aromatic amines is 1. The SMILES string of the molecule is Cc1ccc(Cl)c(Nc2nc3cc(C(=O)N[C@H]4CC[C@H](C)CC4)c(F)cc3[nH]2)c1F. The van der Waals surface area contributed by atoms with Crippen molar-refractivity contribution in [2.45, 2.75) is 45.6 Å². The molecule has 1 aromatic heterocycles. The van der Waals surface area contributed by atoms with Gasteiger partial charge in [-0.15, -0.1) is 0 Å². The summed E-state index contributed by atoms with van der Waals surface area (Å²) in [6.07, 6.45) is 3.91. The van der Waals surface area contributed by atoms with E-state index in [1.165, 1.54) is 12.1 Å². The van der Waals surface area contributed by atoms with Crippen LogP contribution in [0.5, 0.6) is 0 Å². The summed E-state index contributed by atoms with van der Waals surface area (Å²) in [7, 11) is 0. The average Bonchev–Trinajstić information content (AvgIpc) is 3.10. The molecule has 1 aliphatic carbocycles. The van der Waals surface area contributed by atoms with Crippen LogP contribution in [-0.4, -0.2) is 21.9 Å². The molecule has 0 saturated heterocycles. The van der Waals surface area contributed by atoms with Crippen molar-refractivity contribution in [1.29, 1.82) is 0 Å².